The van der Waals surface area contributed by atoms with Crippen LogP contribution in [0.4, 0.5) is 0 Å². The quantitative estimate of drug-likeness (QED) is 0.133. The van der Waals surface area contributed by atoms with Crippen LogP contribution in [0, 0.1) is 0 Å². The van der Waals surface area contributed by atoms with Gasteiger partial charge in [0.1, 0.15) is 5.75 Å². The van der Waals surface area contributed by atoms with Gasteiger partial charge in [0.05, 0.1) is 31.2 Å². The molecule has 1 fully saturated rings. The van der Waals surface area contributed by atoms with Crippen LogP contribution in [-0.2, 0) is 27.0 Å². The van der Waals surface area contributed by atoms with Crippen molar-refractivity contribution >= 4 is 22.4 Å². The molecule has 1 aliphatic heterocycles. The third-order valence-corrected chi connectivity index (χ3v) is 10.3. The number of nitrogens with zero attached hydrogens (tertiary/aromatic N) is 1. The van der Waals surface area contributed by atoms with E-state index in [2.05, 4.69) is 83.8 Å². The van der Waals surface area contributed by atoms with Crippen molar-refractivity contribution in [2.45, 2.75) is 53.9 Å². The summed E-state index contributed by atoms with van der Waals surface area (Å²) >= 11 is 0. The minimum absolute atomic E-state index is 0.0353. The van der Waals surface area contributed by atoms with Crippen LogP contribution in [0.1, 0.15) is 49.3 Å². The molecule has 1 atom stereocenters. The fourth-order valence-corrected chi connectivity index (χ4v) is 7.81. The molecule has 0 aromatic heterocycles. The lowest BCUT2D eigenvalue weighted by Gasteiger charge is -2.30. The second-order valence-electron chi connectivity index (χ2n) is 10.9. The van der Waals surface area contributed by atoms with E-state index in [0.29, 0.717) is 13.0 Å². The Bertz CT molecular complexity index is 1460. The Morgan fingerprint density at radius 3 is 1.93 bits per heavy atom. The molecule has 1 saturated heterocycles. The summed E-state index contributed by atoms with van der Waals surface area (Å²) < 4.78 is 10.5. The molecule has 0 aliphatic carbocycles. The molecule has 5 nitrogen and oxygen atoms in total. The standard InChI is InChI=1S/C38H42NO4S/c1-3-43-37(41)10-7-25-39-26-23-32(24-27-39)38(30-8-5-4-6-9-30)31-13-19-35(20-14-31)44(34-17-11-29(28-40)12-18-34)36-21-15-33(42-2)16-22-36/h4-6,8-9,11-22,40H,3,7,10,23-28H2,1-2H3/q+1. The topological polar surface area (TPSA) is 59.0 Å². The SMILES string of the molecule is CCOC(=O)CCCN1CCC(=C(c2ccccc2)c2ccc([S+](c3ccc(CO)cc3)c3ccc(OC)cc3)cc2)CC1. The second-order valence-corrected chi connectivity index (χ2v) is 12.9. The highest BCUT2D eigenvalue weighted by Gasteiger charge is 2.29. The first-order valence-corrected chi connectivity index (χ1v) is 16.7. The second kappa shape index (κ2) is 15.8. The molecular formula is C38H42NO4S+. The molecule has 1 unspecified atom stereocenters. The Labute approximate surface area is 264 Å². The third kappa shape index (κ3) is 8.00. The van der Waals surface area contributed by atoms with Gasteiger partial charge in [-0.25, -0.2) is 0 Å². The van der Waals surface area contributed by atoms with Gasteiger partial charge in [-0.2, -0.15) is 0 Å². The normalized spacial score (nSPS) is 14.2. The smallest absolute Gasteiger partial charge is 0.305 e. The Kier molecular flexibility index (Phi) is 11.3. The van der Waals surface area contributed by atoms with Crippen molar-refractivity contribution in [3.63, 3.8) is 0 Å². The predicted octanol–water partition coefficient (Wildman–Crippen LogP) is 7.52. The Morgan fingerprint density at radius 2 is 1.36 bits per heavy atom. The molecule has 0 amide bonds. The van der Waals surface area contributed by atoms with Gasteiger partial charge in [-0.05, 0) is 116 Å². The first kappa shape index (κ1) is 31.6. The zero-order valence-corrected chi connectivity index (χ0v) is 26.5. The summed E-state index contributed by atoms with van der Waals surface area (Å²) in [6.07, 6.45) is 3.35. The predicted molar refractivity (Wildman–Crippen MR) is 178 cm³/mol. The van der Waals surface area contributed by atoms with Crippen LogP contribution in [0.5, 0.6) is 5.75 Å². The van der Waals surface area contributed by atoms with Gasteiger partial charge < -0.3 is 19.5 Å². The fourth-order valence-electron chi connectivity index (χ4n) is 5.77. The highest BCUT2D eigenvalue weighted by atomic mass is 32.2. The van der Waals surface area contributed by atoms with Crippen LogP contribution in [0.2, 0.25) is 0 Å². The van der Waals surface area contributed by atoms with E-state index in [1.165, 1.54) is 37.0 Å². The summed E-state index contributed by atoms with van der Waals surface area (Å²) in [5.41, 5.74) is 6.21. The minimum Gasteiger partial charge on any atom is -0.497 e. The Hall–Kier alpha value is -3.84. The van der Waals surface area contributed by atoms with Gasteiger partial charge in [-0.15, -0.1) is 0 Å². The molecule has 228 valence electrons. The lowest BCUT2D eigenvalue weighted by Crippen LogP contribution is -2.32. The minimum atomic E-state index is -0.312. The number of likely N-dealkylation sites (tertiary alicyclic amines) is 1. The fraction of sp³-hybridized carbons (Fsp3) is 0.289. The van der Waals surface area contributed by atoms with Gasteiger partial charge in [0.15, 0.2) is 14.7 Å². The van der Waals surface area contributed by atoms with Crippen LogP contribution in [0.3, 0.4) is 0 Å². The molecule has 0 spiro atoms. The summed E-state index contributed by atoms with van der Waals surface area (Å²) in [4.78, 5) is 17.9. The van der Waals surface area contributed by atoms with Crippen molar-refractivity contribution in [1.82, 2.24) is 4.90 Å². The monoisotopic (exact) mass is 608 g/mol. The maximum atomic E-state index is 11.8. The number of aliphatic hydroxyl groups is 1. The third-order valence-electron chi connectivity index (χ3n) is 8.05. The highest BCUT2D eigenvalue weighted by molar-refractivity contribution is 7.97. The van der Waals surface area contributed by atoms with E-state index in [0.717, 1.165) is 50.2 Å². The molecule has 1 aliphatic rings. The number of carbonyl (C=O) groups excluding carboxylic acids is 1. The Morgan fingerprint density at radius 1 is 0.795 bits per heavy atom. The van der Waals surface area contributed by atoms with Crippen molar-refractivity contribution in [3.8, 4) is 5.75 Å². The average Bonchev–Trinajstić information content (AvgIpc) is 3.08. The van der Waals surface area contributed by atoms with Gasteiger partial charge in [0.2, 0.25) is 0 Å². The average molecular weight is 609 g/mol. The van der Waals surface area contributed by atoms with E-state index < -0.39 is 0 Å². The van der Waals surface area contributed by atoms with E-state index in [-0.39, 0.29) is 23.5 Å². The molecule has 44 heavy (non-hydrogen) atoms. The Balaban J connectivity index is 1.41. The zero-order valence-electron chi connectivity index (χ0n) is 25.7. The number of piperidine rings is 1. The first-order chi connectivity index (χ1) is 21.6. The van der Waals surface area contributed by atoms with Gasteiger partial charge in [0.25, 0.3) is 0 Å². The number of carbonyl (C=O) groups is 1. The van der Waals surface area contributed by atoms with Gasteiger partial charge >= 0.3 is 5.97 Å². The summed E-state index contributed by atoms with van der Waals surface area (Å²) in [7, 11) is 1.38. The van der Waals surface area contributed by atoms with E-state index in [9.17, 15) is 9.90 Å². The van der Waals surface area contributed by atoms with E-state index in [4.69, 9.17) is 9.47 Å². The number of hydrogen-bond acceptors (Lipinski definition) is 5. The molecule has 0 saturated carbocycles. The van der Waals surface area contributed by atoms with Crippen molar-refractivity contribution in [2.75, 3.05) is 33.4 Å². The summed E-state index contributed by atoms with van der Waals surface area (Å²) in [5, 5.41) is 9.60. The van der Waals surface area contributed by atoms with E-state index in [1.807, 2.05) is 31.2 Å². The molecule has 5 rings (SSSR count). The van der Waals surface area contributed by atoms with Crippen molar-refractivity contribution in [1.29, 1.82) is 0 Å². The van der Waals surface area contributed by atoms with Crippen LogP contribution >= 0.6 is 0 Å². The number of aliphatic hydroxyl groups excluding tert-OH is 1. The number of esters is 1. The van der Waals surface area contributed by atoms with Gasteiger partial charge in [-0.1, -0.05) is 48.0 Å². The van der Waals surface area contributed by atoms with Gasteiger partial charge in [-0.3, -0.25) is 4.79 Å². The molecule has 0 radical (unpaired) electrons. The zero-order chi connectivity index (χ0) is 30.7. The maximum Gasteiger partial charge on any atom is 0.305 e. The highest BCUT2D eigenvalue weighted by Crippen LogP contribution is 2.36. The van der Waals surface area contributed by atoms with Crippen molar-refractivity contribution < 1.29 is 19.4 Å². The lowest BCUT2D eigenvalue weighted by molar-refractivity contribution is -0.143. The number of benzene rings is 4. The number of rotatable bonds is 12. The largest absolute Gasteiger partial charge is 0.497 e. The number of methoxy groups -OCH3 is 1. The first-order valence-electron chi connectivity index (χ1n) is 15.4. The maximum absolute atomic E-state index is 11.8. The van der Waals surface area contributed by atoms with E-state index in [1.54, 1.807) is 7.11 Å². The van der Waals surface area contributed by atoms with Crippen LogP contribution in [-0.4, -0.2) is 49.3 Å². The lowest BCUT2D eigenvalue weighted by atomic mass is 9.88. The summed E-state index contributed by atoms with van der Waals surface area (Å²) in [6, 6.07) is 36.5. The molecule has 4 aromatic rings. The molecular weight excluding hydrogens is 566 g/mol. The number of hydrogen-bond donors (Lipinski definition) is 1. The molecule has 1 heterocycles. The summed E-state index contributed by atoms with van der Waals surface area (Å²) in [6.45, 7) is 5.25. The molecule has 1 N–H and O–H groups in total. The summed E-state index contributed by atoms with van der Waals surface area (Å²) in [5.74, 6) is 0.740. The van der Waals surface area contributed by atoms with Crippen LogP contribution in [0.15, 0.2) is 123 Å². The molecule has 0 bridgehead atoms. The van der Waals surface area contributed by atoms with Crippen LogP contribution in [0.25, 0.3) is 5.57 Å². The van der Waals surface area contributed by atoms with Gasteiger partial charge in [0, 0.05) is 19.5 Å². The van der Waals surface area contributed by atoms with Crippen molar-refractivity contribution in [3.05, 3.63) is 125 Å². The van der Waals surface area contributed by atoms with E-state index >= 15 is 0 Å². The number of ether oxygens (including phenoxy) is 2. The molecule has 4 aromatic carbocycles. The van der Waals surface area contributed by atoms with Crippen molar-refractivity contribution in [2.24, 2.45) is 0 Å². The molecule has 6 heteroatoms. The van der Waals surface area contributed by atoms with Crippen LogP contribution < -0.4 is 4.74 Å².